The lowest BCUT2D eigenvalue weighted by Crippen LogP contribution is -2.47. The molecule has 20 heavy (non-hydrogen) atoms. The van der Waals surface area contributed by atoms with Crippen molar-refractivity contribution in [3.05, 3.63) is 27.2 Å². The van der Waals surface area contributed by atoms with E-state index in [1.54, 1.807) is 12.1 Å². The maximum absolute atomic E-state index is 12.1. The Hall–Kier alpha value is -0.640. The van der Waals surface area contributed by atoms with Gasteiger partial charge in [0.15, 0.2) is 6.10 Å². The van der Waals surface area contributed by atoms with E-state index in [-0.39, 0.29) is 16.5 Å². The van der Waals surface area contributed by atoms with Gasteiger partial charge in [0.25, 0.3) is 5.91 Å². The van der Waals surface area contributed by atoms with Crippen LogP contribution in [0.15, 0.2) is 12.1 Å². The number of hydrogen-bond acceptors (Lipinski definition) is 2. The molecular formula is C14H18Cl3NO2. The number of benzene rings is 1. The van der Waals surface area contributed by atoms with Crippen molar-refractivity contribution in [2.45, 2.75) is 45.8 Å². The van der Waals surface area contributed by atoms with Crippen molar-refractivity contribution in [1.29, 1.82) is 0 Å². The van der Waals surface area contributed by atoms with E-state index in [1.165, 1.54) is 0 Å². The van der Waals surface area contributed by atoms with Gasteiger partial charge in [-0.25, -0.2) is 0 Å². The summed E-state index contributed by atoms with van der Waals surface area (Å²) in [6, 6.07) is 3.09. The van der Waals surface area contributed by atoms with Crippen LogP contribution in [0.3, 0.4) is 0 Å². The number of amides is 1. The molecule has 0 bridgehead atoms. The molecule has 3 nitrogen and oxygen atoms in total. The van der Waals surface area contributed by atoms with Gasteiger partial charge in [0, 0.05) is 17.7 Å². The van der Waals surface area contributed by atoms with E-state index in [4.69, 9.17) is 39.5 Å². The van der Waals surface area contributed by atoms with Crippen LogP contribution in [0.2, 0.25) is 15.1 Å². The third-order valence-electron chi connectivity index (χ3n) is 2.40. The molecule has 0 saturated heterocycles. The van der Waals surface area contributed by atoms with Gasteiger partial charge in [-0.3, -0.25) is 4.79 Å². The highest BCUT2D eigenvalue weighted by atomic mass is 35.5. The predicted molar refractivity (Wildman–Crippen MR) is 84.1 cm³/mol. The predicted octanol–water partition coefficient (Wildman–Crippen LogP) is 4.72. The molecule has 1 rings (SSSR count). The van der Waals surface area contributed by atoms with Crippen molar-refractivity contribution >= 4 is 40.7 Å². The summed E-state index contributed by atoms with van der Waals surface area (Å²) in [4.78, 5) is 12.1. The zero-order chi connectivity index (χ0) is 15.5. The Balaban J connectivity index is 2.86. The Morgan fingerprint density at radius 3 is 2.15 bits per heavy atom. The van der Waals surface area contributed by atoms with Gasteiger partial charge in [0.1, 0.15) is 5.75 Å². The minimum atomic E-state index is -0.609. The van der Waals surface area contributed by atoms with Crippen LogP contribution in [0.25, 0.3) is 0 Å². The third kappa shape index (κ3) is 5.04. The second-order valence-electron chi connectivity index (χ2n) is 5.45. The molecule has 0 aliphatic rings. The lowest BCUT2D eigenvalue weighted by atomic mass is 10.1. The zero-order valence-corrected chi connectivity index (χ0v) is 14.2. The third-order valence-corrected chi connectivity index (χ3v) is 3.59. The lowest BCUT2D eigenvalue weighted by molar-refractivity contribution is -0.129. The Kier molecular flexibility index (Phi) is 5.99. The van der Waals surface area contributed by atoms with Crippen molar-refractivity contribution in [2.24, 2.45) is 0 Å². The molecule has 0 radical (unpaired) electrons. The summed E-state index contributed by atoms with van der Waals surface area (Å²) in [7, 11) is 0. The van der Waals surface area contributed by atoms with Gasteiger partial charge in [0.2, 0.25) is 0 Å². The Morgan fingerprint density at radius 2 is 1.75 bits per heavy atom. The second kappa shape index (κ2) is 6.88. The first-order chi connectivity index (χ1) is 9.14. The molecule has 1 unspecified atom stereocenters. The van der Waals surface area contributed by atoms with Crippen LogP contribution in [-0.4, -0.2) is 17.6 Å². The van der Waals surface area contributed by atoms with E-state index in [1.807, 2.05) is 27.7 Å². The molecule has 0 aliphatic heterocycles. The fourth-order valence-corrected chi connectivity index (χ4v) is 2.11. The quantitative estimate of drug-likeness (QED) is 0.807. The molecule has 0 spiro atoms. The number of ether oxygens (including phenoxy) is 1. The summed E-state index contributed by atoms with van der Waals surface area (Å²) < 4.78 is 5.65. The Labute approximate surface area is 134 Å². The van der Waals surface area contributed by atoms with Crippen LogP contribution < -0.4 is 10.1 Å². The first-order valence-electron chi connectivity index (χ1n) is 6.27. The Bertz CT molecular complexity index is 475. The monoisotopic (exact) mass is 337 g/mol. The molecule has 1 N–H and O–H groups in total. The smallest absolute Gasteiger partial charge is 0.261 e. The number of nitrogens with one attached hydrogen (secondary N) is 1. The molecule has 6 heteroatoms. The molecule has 1 aromatic rings. The van der Waals surface area contributed by atoms with Gasteiger partial charge < -0.3 is 10.1 Å². The fourth-order valence-electron chi connectivity index (χ4n) is 1.54. The van der Waals surface area contributed by atoms with Gasteiger partial charge in [-0.1, -0.05) is 41.7 Å². The highest BCUT2D eigenvalue weighted by Crippen LogP contribution is 2.34. The highest BCUT2D eigenvalue weighted by molar-refractivity contribution is 6.48. The number of rotatable bonds is 4. The molecule has 0 fully saturated rings. The van der Waals surface area contributed by atoms with E-state index in [9.17, 15) is 4.79 Å². The topological polar surface area (TPSA) is 38.3 Å². The van der Waals surface area contributed by atoms with Crippen LogP contribution in [0, 0.1) is 0 Å². The highest BCUT2D eigenvalue weighted by Gasteiger charge is 2.23. The van der Waals surface area contributed by atoms with Gasteiger partial charge in [-0.05, 0) is 27.2 Å². The summed E-state index contributed by atoms with van der Waals surface area (Å²) in [5, 5.41) is 3.73. The van der Waals surface area contributed by atoms with E-state index >= 15 is 0 Å². The van der Waals surface area contributed by atoms with Gasteiger partial charge in [0.05, 0.1) is 15.1 Å². The lowest BCUT2D eigenvalue weighted by Gasteiger charge is -2.25. The van der Waals surface area contributed by atoms with E-state index in [2.05, 4.69) is 5.32 Å². The largest absolute Gasteiger partial charge is 0.481 e. The van der Waals surface area contributed by atoms with E-state index in [0.717, 1.165) is 0 Å². The SMILES string of the molecule is CCC(Oc1cc(Cl)c(Cl)c(Cl)c1)C(=O)NC(C)(C)C. The maximum atomic E-state index is 12.1. The molecule has 0 heterocycles. The number of hydrogen-bond donors (Lipinski definition) is 1. The van der Waals surface area contributed by atoms with Crippen LogP contribution in [0.1, 0.15) is 34.1 Å². The fraction of sp³-hybridized carbons (Fsp3) is 0.500. The minimum absolute atomic E-state index is 0.179. The first kappa shape index (κ1) is 17.4. The van der Waals surface area contributed by atoms with Gasteiger partial charge in [-0.2, -0.15) is 0 Å². The summed E-state index contributed by atoms with van der Waals surface area (Å²) in [5.74, 6) is 0.238. The minimum Gasteiger partial charge on any atom is -0.481 e. The number of carbonyl (C=O) groups excluding carboxylic acids is 1. The number of carbonyl (C=O) groups is 1. The maximum Gasteiger partial charge on any atom is 0.261 e. The van der Waals surface area contributed by atoms with E-state index in [0.29, 0.717) is 22.2 Å². The van der Waals surface area contributed by atoms with Crippen LogP contribution >= 0.6 is 34.8 Å². The summed E-state index contributed by atoms with van der Waals surface area (Å²) in [6.07, 6.45) is -0.0812. The average Bonchev–Trinajstić information content (AvgIpc) is 2.30. The van der Waals surface area contributed by atoms with Crippen LogP contribution in [0.5, 0.6) is 5.75 Å². The molecule has 112 valence electrons. The number of halogens is 3. The normalized spacial score (nSPS) is 12.9. The molecule has 1 amide bonds. The average molecular weight is 339 g/mol. The molecule has 0 aliphatic carbocycles. The molecule has 1 atom stereocenters. The summed E-state index contributed by atoms with van der Waals surface area (Å²) in [5.41, 5.74) is -0.316. The van der Waals surface area contributed by atoms with Crippen molar-refractivity contribution < 1.29 is 9.53 Å². The first-order valence-corrected chi connectivity index (χ1v) is 7.40. The standard InChI is InChI=1S/C14H18Cl3NO2/c1-5-11(13(19)18-14(2,3)4)20-8-6-9(15)12(17)10(16)7-8/h6-7,11H,5H2,1-4H3,(H,18,19). The zero-order valence-electron chi connectivity index (χ0n) is 11.9. The van der Waals surface area contributed by atoms with Crippen molar-refractivity contribution in [1.82, 2.24) is 5.32 Å². The van der Waals surface area contributed by atoms with Crippen LogP contribution in [-0.2, 0) is 4.79 Å². The summed E-state index contributed by atoms with van der Waals surface area (Å²) in [6.45, 7) is 7.60. The van der Waals surface area contributed by atoms with E-state index < -0.39 is 6.10 Å². The van der Waals surface area contributed by atoms with Crippen molar-refractivity contribution in [3.8, 4) is 5.75 Å². The molecule has 0 aromatic heterocycles. The molecule has 0 saturated carbocycles. The van der Waals surface area contributed by atoms with Gasteiger partial charge >= 0.3 is 0 Å². The molecular weight excluding hydrogens is 321 g/mol. The Morgan fingerprint density at radius 1 is 1.25 bits per heavy atom. The van der Waals surface area contributed by atoms with Crippen LogP contribution in [0.4, 0.5) is 0 Å². The van der Waals surface area contributed by atoms with Crippen molar-refractivity contribution in [2.75, 3.05) is 0 Å². The van der Waals surface area contributed by atoms with Crippen molar-refractivity contribution in [3.63, 3.8) is 0 Å². The molecule has 1 aromatic carbocycles. The summed E-state index contributed by atoms with van der Waals surface area (Å²) >= 11 is 17.7. The van der Waals surface area contributed by atoms with Gasteiger partial charge in [-0.15, -0.1) is 0 Å². The second-order valence-corrected chi connectivity index (χ2v) is 6.65.